The third kappa shape index (κ3) is 3.67. The van der Waals surface area contributed by atoms with E-state index in [0.29, 0.717) is 12.0 Å². The minimum absolute atomic E-state index is 0.592. The first-order valence-corrected chi connectivity index (χ1v) is 5.69. The van der Waals surface area contributed by atoms with Crippen LogP contribution in [0.1, 0.15) is 31.7 Å². The highest BCUT2D eigenvalue weighted by molar-refractivity contribution is 5.09. The fourth-order valence-electron chi connectivity index (χ4n) is 2.02. The molecule has 0 aliphatic rings. The van der Waals surface area contributed by atoms with Crippen LogP contribution in [0.15, 0.2) is 6.07 Å². The topological polar surface area (TPSA) is 29.9 Å². The van der Waals surface area contributed by atoms with E-state index in [-0.39, 0.29) is 0 Å². The molecule has 15 heavy (non-hydrogen) atoms. The van der Waals surface area contributed by atoms with Gasteiger partial charge in [0.05, 0.1) is 5.69 Å². The van der Waals surface area contributed by atoms with E-state index in [4.69, 9.17) is 0 Å². The van der Waals surface area contributed by atoms with Crippen molar-refractivity contribution in [2.24, 2.45) is 13.0 Å². The Labute approximate surface area is 92.9 Å². The zero-order valence-corrected chi connectivity index (χ0v) is 10.5. The zero-order chi connectivity index (χ0) is 11.4. The standard InChI is InChI=1S/C12H23N3/c1-9(6-10(2)13-4)7-12-8-11(3)14-15(12)5/h8-10,13H,6-7H2,1-5H3. The van der Waals surface area contributed by atoms with Gasteiger partial charge in [0.15, 0.2) is 0 Å². The fourth-order valence-corrected chi connectivity index (χ4v) is 2.02. The predicted octanol–water partition coefficient (Wildman–Crippen LogP) is 1.91. The summed E-state index contributed by atoms with van der Waals surface area (Å²) in [5, 5.41) is 7.64. The highest BCUT2D eigenvalue weighted by atomic mass is 15.3. The van der Waals surface area contributed by atoms with Crippen LogP contribution in [-0.2, 0) is 13.5 Å². The molecule has 0 saturated heterocycles. The van der Waals surface area contributed by atoms with E-state index >= 15 is 0 Å². The normalized spacial score (nSPS) is 15.3. The molecule has 3 heteroatoms. The average molecular weight is 209 g/mol. The molecule has 2 unspecified atom stereocenters. The van der Waals surface area contributed by atoms with Gasteiger partial charge in [0.2, 0.25) is 0 Å². The van der Waals surface area contributed by atoms with E-state index in [1.54, 1.807) is 0 Å². The van der Waals surface area contributed by atoms with E-state index in [2.05, 4.69) is 30.3 Å². The lowest BCUT2D eigenvalue weighted by atomic mass is 9.97. The van der Waals surface area contributed by atoms with Crippen molar-refractivity contribution in [3.63, 3.8) is 0 Å². The van der Waals surface area contributed by atoms with E-state index in [1.807, 2.05) is 25.7 Å². The highest BCUT2D eigenvalue weighted by Gasteiger charge is 2.10. The Morgan fingerprint density at radius 3 is 2.60 bits per heavy atom. The van der Waals surface area contributed by atoms with Crippen LogP contribution in [0.3, 0.4) is 0 Å². The van der Waals surface area contributed by atoms with Gasteiger partial charge in [-0.1, -0.05) is 6.92 Å². The Kier molecular flexibility index (Phi) is 4.33. The molecule has 0 saturated carbocycles. The second-order valence-corrected chi connectivity index (χ2v) is 4.64. The molecule has 2 atom stereocenters. The van der Waals surface area contributed by atoms with Crippen LogP contribution >= 0.6 is 0 Å². The van der Waals surface area contributed by atoms with Gasteiger partial charge in [0, 0.05) is 18.8 Å². The Morgan fingerprint density at radius 1 is 1.47 bits per heavy atom. The maximum Gasteiger partial charge on any atom is 0.0596 e. The van der Waals surface area contributed by atoms with E-state index in [9.17, 15) is 0 Å². The third-order valence-corrected chi connectivity index (χ3v) is 2.91. The number of aryl methyl sites for hydroxylation is 2. The molecule has 0 bridgehead atoms. The smallest absolute Gasteiger partial charge is 0.0596 e. The number of hydrogen-bond acceptors (Lipinski definition) is 2. The first kappa shape index (κ1) is 12.2. The van der Waals surface area contributed by atoms with Crippen LogP contribution in [-0.4, -0.2) is 22.9 Å². The summed E-state index contributed by atoms with van der Waals surface area (Å²) in [6.45, 7) is 6.57. The largest absolute Gasteiger partial charge is 0.317 e. The lowest BCUT2D eigenvalue weighted by Gasteiger charge is -2.16. The first-order chi connectivity index (χ1) is 7.02. The Bertz CT molecular complexity index is 304. The van der Waals surface area contributed by atoms with Crippen molar-refractivity contribution in [3.8, 4) is 0 Å². The van der Waals surface area contributed by atoms with Crippen molar-refractivity contribution in [2.45, 2.75) is 39.7 Å². The van der Waals surface area contributed by atoms with E-state index in [0.717, 1.165) is 12.1 Å². The average Bonchev–Trinajstić information content (AvgIpc) is 2.44. The second kappa shape index (κ2) is 5.31. The number of nitrogens with zero attached hydrogens (tertiary/aromatic N) is 2. The molecule has 1 rings (SSSR count). The molecule has 1 heterocycles. The number of nitrogens with one attached hydrogen (secondary N) is 1. The summed E-state index contributed by atoms with van der Waals surface area (Å²) in [4.78, 5) is 0. The summed E-state index contributed by atoms with van der Waals surface area (Å²) in [5.74, 6) is 0.697. The molecule has 0 fully saturated rings. The van der Waals surface area contributed by atoms with Crippen LogP contribution in [0.4, 0.5) is 0 Å². The molecule has 1 aromatic heterocycles. The molecular weight excluding hydrogens is 186 g/mol. The predicted molar refractivity (Wildman–Crippen MR) is 64.0 cm³/mol. The van der Waals surface area contributed by atoms with Crippen molar-refractivity contribution >= 4 is 0 Å². The van der Waals surface area contributed by atoms with E-state index < -0.39 is 0 Å². The van der Waals surface area contributed by atoms with Gasteiger partial charge in [-0.05, 0) is 45.7 Å². The quantitative estimate of drug-likeness (QED) is 0.802. The van der Waals surface area contributed by atoms with Crippen LogP contribution in [0, 0.1) is 12.8 Å². The van der Waals surface area contributed by atoms with Crippen molar-refractivity contribution in [1.82, 2.24) is 15.1 Å². The monoisotopic (exact) mass is 209 g/mol. The van der Waals surface area contributed by atoms with Crippen LogP contribution in [0.25, 0.3) is 0 Å². The summed E-state index contributed by atoms with van der Waals surface area (Å²) in [5.41, 5.74) is 2.45. The second-order valence-electron chi connectivity index (χ2n) is 4.64. The fraction of sp³-hybridized carbons (Fsp3) is 0.750. The molecule has 0 aromatic carbocycles. The number of rotatable bonds is 5. The Balaban J connectivity index is 2.50. The van der Waals surface area contributed by atoms with Gasteiger partial charge in [0.1, 0.15) is 0 Å². The van der Waals surface area contributed by atoms with Gasteiger partial charge in [-0.15, -0.1) is 0 Å². The summed E-state index contributed by atoms with van der Waals surface area (Å²) in [7, 11) is 4.04. The summed E-state index contributed by atoms with van der Waals surface area (Å²) < 4.78 is 2.00. The van der Waals surface area contributed by atoms with Gasteiger partial charge >= 0.3 is 0 Å². The minimum atomic E-state index is 0.592. The maximum absolute atomic E-state index is 4.36. The molecule has 0 amide bonds. The van der Waals surface area contributed by atoms with Crippen LogP contribution < -0.4 is 5.32 Å². The molecule has 1 N–H and O–H groups in total. The highest BCUT2D eigenvalue weighted by Crippen LogP contribution is 2.14. The van der Waals surface area contributed by atoms with Gasteiger partial charge in [-0.2, -0.15) is 5.10 Å². The van der Waals surface area contributed by atoms with Crippen molar-refractivity contribution in [1.29, 1.82) is 0 Å². The van der Waals surface area contributed by atoms with Gasteiger partial charge in [0.25, 0.3) is 0 Å². The molecule has 0 radical (unpaired) electrons. The summed E-state index contributed by atoms with van der Waals surface area (Å²) >= 11 is 0. The SMILES string of the molecule is CNC(C)CC(C)Cc1cc(C)nn1C. The lowest BCUT2D eigenvalue weighted by molar-refractivity contribution is 0.431. The molecule has 0 spiro atoms. The first-order valence-electron chi connectivity index (χ1n) is 5.69. The third-order valence-electron chi connectivity index (χ3n) is 2.91. The molecule has 1 aromatic rings. The Morgan fingerprint density at radius 2 is 2.13 bits per heavy atom. The van der Waals surface area contributed by atoms with Crippen LogP contribution in [0.5, 0.6) is 0 Å². The summed E-state index contributed by atoms with van der Waals surface area (Å²) in [6, 6.07) is 2.77. The van der Waals surface area contributed by atoms with Crippen molar-refractivity contribution < 1.29 is 0 Å². The lowest BCUT2D eigenvalue weighted by Crippen LogP contribution is -2.24. The minimum Gasteiger partial charge on any atom is -0.317 e. The van der Waals surface area contributed by atoms with Crippen molar-refractivity contribution in [3.05, 3.63) is 17.5 Å². The molecule has 3 nitrogen and oxygen atoms in total. The molecular formula is C12H23N3. The Hall–Kier alpha value is -0.830. The molecule has 86 valence electrons. The van der Waals surface area contributed by atoms with Crippen molar-refractivity contribution in [2.75, 3.05) is 7.05 Å². The van der Waals surface area contributed by atoms with Gasteiger partial charge in [-0.25, -0.2) is 0 Å². The molecule has 0 aliphatic carbocycles. The van der Waals surface area contributed by atoms with Crippen LogP contribution in [0.2, 0.25) is 0 Å². The van der Waals surface area contributed by atoms with Gasteiger partial charge in [-0.3, -0.25) is 4.68 Å². The molecule has 0 aliphatic heterocycles. The van der Waals surface area contributed by atoms with E-state index in [1.165, 1.54) is 12.1 Å². The summed E-state index contributed by atoms with van der Waals surface area (Å²) in [6.07, 6.45) is 2.32. The number of hydrogen-bond donors (Lipinski definition) is 1. The zero-order valence-electron chi connectivity index (χ0n) is 10.5. The van der Waals surface area contributed by atoms with Gasteiger partial charge < -0.3 is 5.32 Å². The maximum atomic E-state index is 4.36. The number of aromatic nitrogens is 2.